The minimum atomic E-state index is 0.123. The van der Waals surface area contributed by atoms with E-state index in [1.54, 1.807) is 18.3 Å². The summed E-state index contributed by atoms with van der Waals surface area (Å²) < 4.78 is 0. The molecule has 2 aromatic rings. The lowest BCUT2D eigenvalue weighted by atomic mass is 10.0. The number of hydrogen-bond donors (Lipinski definition) is 3. The average molecular weight is 271 g/mol. The van der Waals surface area contributed by atoms with Crippen LogP contribution in [0.4, 0.5) is 0 Å². The molecular weight excluding hydrogens is 258 g/mol. The van der Waals surface area contributed by atoms with Crippen molar-refractivity contribution in [1.29, 1.82) is 0 Å². The monoisotopic (exact) mass is 271 g/mol. The number of hydrogen-bond acceptors (Lipinski definition) is 3. The van der Waals surface area contributed by atoms with Crippen LogP contribution in [0.15, 0.2) is 53.6 Å². The van der Waals surface area contributed by atoms with Gasteiger partial charge in [-0.15, -0.1) is 0 Å². The van der Waals surface area contributed by atoms with Crippen LogP contribution < -0.4 is 11.2 Å². The van der Waals surface area contributed by atoms with Gasteiger partial charge in [0.15, 0.2) is 5.11 Å². The van der Waals surface area contributed by atoms with Gasteiger partial charge in [-0.25, -0.2) is 0 Å². The van der Waals surface area contributed by atoms with Crippen molar-refractivity contribution < 1.29 is 5.11 Å². The summed E-state index contributed by atoms with van der Waals surface area (Å²) in [5.41, 5.74) is 10.8. The second kappa shape index (κ2) is 5.97. The van der Waals surface area contributed by atoms with Crippen LogP contribution in [0.5, 0.6) is 5.75 Å². The van der Waals surface area contributed by atoms with Crippen LogP contribution in [0.1, 0.15) is 5.56 Å². The van der Waals surface area contributed by atoms with Gasteiger partial charge in [0.25, 0.3) is 0 Å². The van der Waals surface area contributed by atoms with E-state index < -0.39 is 0 Å². The molecule has 0 fully saturated rings. The van der Waals surface area contributed by atoms with Gasteiger partial charge in [0.2, 0.25) is 0 Å². The van der Waals surface area contributed by atoms with Crippen molar-refractivity contribution in [3.63, 3.8) is 0 Å². The molecule has 2 rings (SSSR count). The number of hydrazone groups is 1. The number of aromatic hydroxyl groups is 1. The van der Waals surface area contributed by atoms with Gasteiger partial charge in [-0.05, 0) is 35.5 Å². The third-order valence-electron chi connectivity index (χ3n) is 2.52. The molecule has 0 atom stereocenters. The predicted octanol–water partition coefficient (Wildman–Crippen LogP) is 2.23. The first-order chi connectivity index (χ1) is 9.16. The van der Waals surface area contributed by atoms with E-state index in [4.69, 9.17) is 5.73 Å². The van der Waals surface area contributed by atoms with Gasteiger partial charge < -0.3 is 10.8 Å². The Labute approximate surface area is 116 Å². The van der Waals surface area contributed by atoms with Gasteiger partial charge in [-0.2, -0.15) is 5.10 Å². The summed E-state index contributed by atoms with van der Waals surface area (Å²) in [6.45, 7) is 0. The molecule has 0 unspecified atom stereocenters. The molecule has 0 aliphatic heterocycles. The highest BCUT2D eigenvalue weighted by Gasteiger charge is 2.02. The maximum atomic E-state index is 9.31. The van der Waals surface area contributed by atoms with Crippen LogP contribution in [0.25, 0.3) is 11.1 Å². The number of phenols is 1. The molecule has 0 aromatic heterocycles. The van der Waals surface area contributed by atoms with E-state index in [0.29, 0.717) is 0 Å². The summed E-state index contributed by atoms with van der Waals surface area (Å²) >= 11 is 4.68. The van der Waals surface area contributed by atoms with Crippen molar-refractivity contribution in [2.24, 2.45) is 10.8 Å². The van der Waals surface area contributed by atoms with Crippen molar-refractivity contribution in [3.05, 3.63) is 54.1 Å². The van der Waals surface area contributed by atoms with Crippen molar-refractivity contribution in [2.45, 2.75) is 0 Å². The van der Waals surface area contributed by atoms with Crippen LogP contribution in [0.2, 0.25) is 0 Å². The Morgan fingerprint density at radius 2 is 1.84 bits per heavy atom. The molecule has 19 heavy (non-hydrogen) atoms. The fourth-order valence-electron chi connectivity index (χ4n) is 1.68. The first-order valence-corrected chi connectivity index (χ1v) is 6.04. The van der Waals surface area contributed by atoms with Crippen molar-refractivity contribution in [3.8, 4) is 16.9 Å². The number of rotatable bonds is 3. The van der Waals surface area contributed by atoms with Crippen LogP contribution in [0.3, 0.4) is 0 Å². The van der Waals surface area contributed by atoms with Crippen molar-refractivity contribution in [1.82, 2.24) is 5.43 Å². The standard InChI is InChI=1S/C14H13N3OS/c15-14(19)17-16-9-11-3-1-2-4-13(11)10-5-7-12(18)8-6-10/h1-9,18H,(H3,15,17,19). The van der Waals surface area contributed by atoms with E-state index in [0.717, 1.165) is 16.7 Å². The van der Waals surface area contributed by atoms with E-state index in [9.17, 15) is 5.11 Å². The predicted molar refractivity (Wildman–Crippen MR) is 81.1 cm³/mol. The van der Waals surface area contributed by atoms with Gasteiger partial charge in [0.1, 0.15) is 5.75 Å². The molecule has 2 aromatic carbocycles. The van der Waals surface area contributed by atoms with Crippen LogP contribution >= 0.6 is 12.2 Å². The molecule has 0 heterocycles. The van der Waals surface area contributed by atoms with Crippen LogP contribution in [0, 0.1) is 0 Å². The Hall–Kier alpha value is -2.40. The molecule has 0 radical (unpaired) electrons. The molecule has 4 nitrogen and oxygen atoms in total. The van der Waals surface area contributed by atoms with Gasteiger partial charge in [0.05, 0.1) is 6.21 Å². The number of benzene rings is 2. The highest BCUT2D eigenvalue weighted by Crippen LogP contribution is 2.24. The minimum absolute atomic E-state index is 0.123. The Balaban J connectivity index is 2.33. The molecule has 5 heteroatoms. The molecule has 0 aliphatic carbocycles. The van der Waals surface area contributed by atoms with Gasteiger partial charge in [-0.3, -0.25) is 5.43 Å². The maximum Gasteiger partial charge on any atom is 0.184 e. The Kier molecular flexibility index (Phi) is 4.10. The largest absolute Gasteiger partial charge is 0.508 e. The first kappa shape index (κ1) is 13.0. The molecule has 4 N–H and O–H groups in total. The molecule has 96 valence electrons. The van der Waals surface area contributed by atoms with E-state index in [1.165, 1.54) is 0 Å². The SMILES string of the molecule is NC(=S)NN=Cc1ccccc1-c1ccc(O)cc1. The summed E-state index contributed by atoms with van der Waals surface area (Å²) in [6, 6.07) is 14.8. The number of nitrogens with two attached hydrogens (primary N) is 1. The number of nitrogens with zero attached hydrogens (tertiary/aromatic N) is 1. The van der Waals surface area contributed by atoms with E-state index in [2.05, 4.69) is 22.7 Å². The fraction of sp³-hybridized carbons (Fsp3) is 0. The zero-order valence-corrected chi connectivity index (χ0v) is 10.9. The van der Waals surface area contributed by atoms with Gasteiger partial charge in [-0.1, -0.05) is 36.4 Å². The zero-order chi connectivity index (χ0) is 13.7. The molecule has 0 spiro atoms. The second-order valence-corrected chi connectivity index (χ2v) is 4.31. The molecule has 0 aliphatic rings. The fourth-order valence-corrected chi connectivity index (χ4v) is 1.73. The number of nitrogens with one attached hydrogen (secondary N) is 1. The van der Waals surface area contributed by atoms with Gasteiger partial charge >= 0.3 is 0 Å². The summed E-state index contributed by atoms with van der Waals surface area (Å²) in [5.74, 6) is 0.241. The van der Waals surface area contributed by atoms with Crippen LogP contribution in [-0.2, 0) is 0 Å². The Bertz CT molecular complexity index is 608. The number of phenolic OH excluding ortho intramolecular Hbond substituents is 1. The van der Waals surface area contributed by atoms with Crippen LogP contribution in [-0.4, -0.2) is 16.4 Å². The quantitative estimate of drug-likeness (QED) is 0.455. The summed E-state index contributed by atoms with van der Waals surface area (Å²) in [6.07, 6.45) is 1.65. The Morgan fingerprint density at radius 3 is 2.53 bits per heavy atom. The topological polar surface area (TPSA) is 70.6 Å². The molecule has 0 amide bonds. The summed E-state index contributed by atoms with van der Waals surface area (Å²) in [7, 11) is 0. The third kappa shape index (κ3) is 3.53. The maximum absolute atomic E-state index is 9.31. The smallest absolute Gasteiger partial charge is 0.184 e. The molecule has 0 saturated carbocycles. The Morgan fingerprint density at radius 1 is 1.16 bits per heavy atom. The highest BCUT2D eigenvalue weighted by atomic mass is 32.1. The lowest BCUT2D eigenvalue weighted by Gasteiger charge is -2.06. The summed E-state index contributed by atoms with van der Waals surface area (Å²) in [5, 5.41) is 13.4. The van der Waals surface area contributed by atoms with Gasteiger partial charge in [0, 0.05) is 5.56 Å². The van der Waals surface area contributed by atoms with Crippen molar-refractivity contribution >= 4 is 23.5 Å². The minimum Gasteiger partial charge on any atom is -0.508 e. The molecule has 0 saturated heterocycles. The normalized spacial score (nSPS) is 10.5. The van der Waals surface area contributed by atoms with E-state index in [-0.39, 0.29) is 10.9 Å². The molecular formula is C14H13N3OS. The van der Waals surface area contributed by atoms with E-state index in [1.807, 2.05) is 36.4 Å². The average Bonchev–Trinajstić information content (AvgIpc) is 2.40. The zero-order valence-electron chi connectivity index (χ0n) is 10.1. The summed E-state index contributed by atoms with van der Waals surface area (Å²) in [4.78, 5) is 0. The molecule has 0 bridgehead atoms. The first-order valence-electron chi connectivity index (χ1n) is 5.64. The highest BCUT2D eigenvalue weighted by molar-refractivity contribution is 7.80. The lowest BCUT2D eigenvalue weighted by Crippen LogP contribution is -2.24. The number of thiocarbonyl (C=S) groups is 1. The van der Waals surface area contributed by atoms with Crippen molar-refractivity contribution in [2.75, 3.05) is 0 Å². The van der Waals surface area contributed by atoms with E-state index >= 15 is 0 Å². The second-order valence-electron chi connectivity index (χ2n) is 3.87. The third-order valence-corrected chi connectivity index (χ3v) is 2.61. The lowest BCUT2D eigenvalue weighted by molar-refractivity contribution is 0.475.